The molecule has 0 heterocycles. The minimum atomic E-state index is -0.603. The normalized spacial score (nSPS) is 18.8. The Hall–Kier alpha value is -1.33. The van der Waals surface area contributed by atoms with Gasteiger partial charge in [-0.05, 0) is 36.3 Å². The highest BCUT2D eigenvalue weighted by Gasteiger charge is 2.43. The van der Waals surface area contributed by atoms with Gasteiger partial charge in [0.25, 0.3) is 0 Å². The van der Waals surface area contributed by atoms with Crippen LogP contribution >= 0.6 is 0 Å². The van der Waals surface area contributed by atoms with Crippen LogP contribution in [0.25, 0.3) is 0 Å². The summed E-state index contributed by atoms with van der Waals surface area (Å²) in [5.41, 5.74) is 1.84. The van der Waals surface area contributed by atoms with Crippen LogP contribution in [-0.2, 0) is 12.8 Å². The zero-order valence-electron chi connectivity index (χ0n) is 10.5. The summed E-state index contributed by atoms with van der Waals surface area (Å²) in [6.45, 7) is 4.16. The second kappa shape index (κ2) is 4.50. The zero-order chi connectivity index (χ0) is 12.5. The van der Waals surface area contributed by atoms with Gasteiger partial charge in [-0.25, -0.2) is 0 Å². The first kappa shape index (κ1) is 12.1. The van der Waals surface area contributed by atoms with Gasteiger partial charge in [0.15, 0.2) is 0 Å². The number of hydrogen-bond acceptors (Lipinski definition) is 2. The summed E-state index contributed by atoms with van der Waals surface area (Å²) in [4.78, 5) is 0. The number of nitrogens with zero attached hydrogens (tertiary/aromatic N) is 1. The molecule has 0 radical (unpaired) electrons. The van der Waals surface area contributed by atoms with Crippen LogP contribution in [0.2, 0.25) is 0 Å². The van der Waals surface area contributed by atoms with Crippen LogP contribution in [0.15, 0.2) is 24.3 Å². The van der Waals surface area contributed by atoms with Crippen molar-refractivity contribution in [2.24, 2.45) is 11.3 Å². The van der Waals surface area contributed by atoms with E-state index in [2.05, 4.69) is 32.0 Å². The van der Waals surface area contributed by atoms with Gasteiger partial charge in [0, 0.05) is 0 Å². The van der Waals surface area contributed by atoms with Crippen LogP contribution in [0.5, 0.6) is 0 Å². The molecule has 0 saturated heterocycles. The molecule has 0 amide bonds. The first-order chi connectivity index (χ1) is 8.07. The van der Waals surface area contributed by atoms with Crippen molar-refractivity contribution in [3.05, 3.63) is 35.4 Å². The van der Waals surface area contributed by atoms with Crippen LogP contribution in [0, 0.1) is 22.7 Å². The van der Waals surface area contributed by atoms with Gasteiger partial charge in [-0.2, -0.15) is 5.26 Å². The third-order valence-electron chi connectivity index (χ3n) is 3.69. The van der Waals surface area contributed by atoms with E-state index in [0.717, 1.165) is 0 Å². The molecule has 90 valence electrons. The minimum absolute atomic E-state index is 0.416. The van der Waals surface area contributed by atoms with Gasteiger partial charge in [-0.1, -0.05) is 38.1 Å². The van der Waals surface area contributed by atoms with E-state index in [1.165, 1.54) is 11.1 Å². The molecule has 1 aromatic carbocycles. The molecule has 0 aromatic heterocycles. The van der Waals surface area contributed by atoms with Crippen molar-refractivity contribution in [2.45, 2.75) is 39.2 Å². The first-order valence-electron chi connectivity index (χ1n) is 6.23. The highest BCUT2D eigenvalue weighted by molar-refractivity contribution is 5.37. The molecule has 0 spiro atoms. The van der Waals surface area contributed by atoms with Crippen molar-refractivity contribution in [3.8, 4) is 6.07 Å². The Morgan fingerprint density at radius 1 is 1.29 bits per heavy atom. The maximum atomic E-state index is 10.3. The molecular formula is C15H19NO. The standard InChI is InChI=1S/C15H19NO/c1-11(2)7-14(17)15(10-16)8-12-5-3-4-6-13(12)9-15/h3-6,11,14,17H,7-9H2,1-2H3. The van der Waals surface area contributed by atoms with Crippen molar-refractivity contribution in [1.82, 2.24) is 0 Å². The number of rotatable bonds is 3. The number of benzene rings is 1. The van der Waals surface area contributed by atoms with Gasteiger partial charge in [0.2, 0.25) is 0 Å². The summed E-state index contributed by atoms with van der Waals surface area (Å²) < 4.78 is 0. The summed E-state index contributed by atoms with van der Waals surface area (Å²) in [5, 5.41) is 19.8. The van der Waals surface area contributed by atoms with E-state index >= 15 is 0 Å². The Morgan fingerprint density at radius 3 is 2.24 bits per heavy atom. The maximum Gasteiger partial charge on any atom is 0.0912 e. The zero-order valence-corrected chi connectivity index (χ0v) is 10.5. The molecule has 2 heteroatoms. The maximum absolute atomic E-state index is 10.3. The smallest absolute Gasteiger partial charge is 0.0912 e. The molecule has 17 heavy (non-hydrogen) atoms. The fraction of sp³-hybridized carbons (Fsp3) is 0.533. The summed E-state index contributed by atoms with van der Waals surface area (Å²) in [6, 6.07) is 10.5. The molecule has 0 aliphatic heterocycles. The lowest BCUT2D eigenvalue weighted by Gasteiger charge is -2.28. The largest absolute Gasteiger partial charge is 0.391 e. The average Bonchev–Trinajstić information content (AvgIpc) is 2.67. The third kappa shape index (κ3) is 2.21. The molecular weight excluding hydrogens is 210 g/mol. The van der Waals surface area contributed by atoms with Gasteiger partial charge >= 0.3 is 0 Å². The Morgan fingerprint density at radius 2 is 1.82 bits per heavy atom. The number of fused-ring (bicyclic) bond motifs is 1. The van der Waals surface area contributed by atoms with Crippen molar-refractivity contribution >= 4 is 0 Å². The third-order valence-corrected chi connectivity index (χ3v) is 3.69. The molecule has 1 aliphatic rings. The quantitative estimate of drug-likeness (QED) is 0.866. The van der Waals surface area contributed by atoms with E-state index in [4.69, 9.17) is 0 Å². The highest BCUT2D eigenvalue weighted by atomic mass is 16.3. The number of aliphatic hydroxyl groups is 1. The fourth-order valence-corrected chi connectivity index (χ4v) is 2.71. The van der Waals surface area contributed by atoms with Gasteiger partial charge < -0.3 is 5.11 Å². The van der Waals surface area contributed by atoms with Crippen molar-refractivity contribution in [3.63, 3.8) is 0 Å². The Balaban J connectivity index is 2.24. The SMILES string of the molecule is CC(C)CC(O)C1(C#N)Cc2ccccc2C1. The number of hydrogen-bond donors (Lipinski definition) is 1. The monoisotopic (exact) mass is 229 g/mol. The number of aliphatic hydroxyl groups excluding tert-OH is 1. The van der Waals surface area contributed by atoms with Gasteiger partial charge in [-0.15, -0.1) is 0 Å². The van der Waals surface area contributed by atoms with Gasteiger partial charge in [-0.3, -0.25) is 0 Å². The topological polar surface area (TPSA) is 44.0 Å². The first-order valence-corrected chi connectivity index (χ1v) is 6.23. The molecule has 0 bridgehead atoms. The predicted octanol–water partition coefficient (Wildman–Crippen LogP) is 2.70. The second-order valence-electron chi connectivity index (χ2n) is 5.54. The Bertz CT molecular complexity index is 419. The van der Waals surface area contributed by atoms with Crippen LogP contribution in [0.3, 0.4) is 0 Å². The van der Waals surface area contributed by atoms with E-state index in [1.807, 2.05) is 12.1 Å². The van der Waals surface area contributed by atoms with E-state index in [1.54, 1.807) is 0 Å². The summed E-state index contributed by atoms with van der Waals surface area (Å²) in [6.07, 6.45) is 1.54. The summed E-state index contributed by atoms with van der Waals surface area (Å²) in [5.74, 6) is 0.416. The summed E-state index contributed by atoms with van der Waals surface area (Å²) in [7, 11) is 0. The van der Waals surface area contributed by atoms with E-state index in [-0.39, 0.29) is 0 Å². The lowest BCUT2D eigenvalue weighted by Crippen LogP contribution is -2.35. The van der Waals surface area contributed by atoms with Crippen LogP contribution in [-0.4, -0.2) is 11.2 Å². The Labute approximate surface area is 103 Å². The lowest BCUT2D eigenvalue weighted by molar-refractivity contribution is 0.0514. The fourth-order valence-electron chi connectivity index (χ4n) is 2.71. The summed E-state index contributed by atoms with van der Waals surface area (Å²) >= 11 is 0. The molecule has 1 atom stereocenters. The van der Waals surface area contributed by atoms with E-state index in [0.29, 0.717) is 25.2 Å². The van der Waals surface area contributed by atoms with Crippen LogP contribution in [0.4, 0.5) is 0 Å². The average molecular weight is 229 g/mol. The van der Waals surface area contributed by atoms with Gasteiger partial charge in [0.1, 0.15) is 0 Å². The van der Waals surface area contributed by atoms with Crippen LogP contribution < -0.4 is 0 Å². The molecule has 0 fully saturated rings. The van der Waals surface area contributed by atoms with Crippen molar-refractivity contribution < 1.29 is 5.11 Å². The van der Waals surface area contributed by atoms with E-state index in [9.17, 15) is 10.4 Å². The van der Waals surface area contributed by atoms with E-state index < -0.39 is 11.5 Å². The highest BCUT2D eigenvalue weighted by Crippen LogP contribution is 2.40. The minimum Gasteiger partial charge on any atom is -0.391 e. The molecule has 1 unspecified atom stereocenters. The van der Waals surface area contributed by atoms with Crippen molar-refractivity contribution in [1.29, 1.82) is 5.26 Å². The molecule has 2 nitrogen and oxygen atoms in total. The number of nitriles is 1. The predicted molar refractivity (Wildman–Crippen MR) is 67.4 cm³/mol. The van der Waals surface area contributed by atoms with Crippen molar-refractivity contribution in [2.75, 3.05) is 0 Å². The molecule has 1 N–H and O–H groups in total. The van der Waals surface area contributed by atoms with Crippen LogP contribution in [0.1, 0.15) is 31.4 Å². The molecule has 1 aliphatic carbocycles. The van der Waals surface area contributed by atoms with Gasteiger partial charge in [0.05, 0.1) is 17.6 Å². The molecule has 2 rings (SSSR count). The lowest BCUT2D eigenvalue weighted by atomic mass is 9.77. The Kier molecular flexibility index (Phi) is 3.22. The molecule has 0 saturated carbocycles. The second-order valence-corrected chi connectivity index (χ2v) is 5.54. The molecule has 1 aromatic rings.